The molecule has 0 unspecified atom stereocenters. The molecule has 0 amide bonds. The molecule has 0 radical (unpaired) electrons. The fourth-order valence-corrected chi connectivity index (χ4v) is 4.61. The Morgan fingerprint density at radius 1 is 0.875 bits per heavy atom. The molecule has 0 heterocycles. The molecule has 0 aliphatic rings. The lowest BCUT2D eigenvalue weighted by Gasteiger charge is -2.27. The lowest BCUT2D eigenvalue weighted by molar-refractivity contribution is 0.460. The SMILES string of the molecule is C[Si](C)(C)N=C=C(O[Si](C)(C)C)[Si](C)(C)C. The number of nitrogens with zero attached hydrogens (tertiary/aromatic N) is 1. The second-order valence-electron chi connectivity index (χ2n) is 7.19. The molecule has 0 spiro atoms. The smallest absolute Gasteiger partial charge is 0.242 e. The van der Waals surface area contributed by atoms with Crippen molar-refractivity contribution >= 4 is 30.5 Å². The summed E-state index contributed by atoms with van der Waals surface area (Å²) in [7, 11) is -4.41. The van der Waals surface area contributed by atoms with Crippen LogP contribution in [0.2, 0.25) is 58.9 Å². The van der Waals surface area contributed by atoms with Crippen LogP contribution < -0.4 is 0 Å². The molecule has 0 fully saturated rings. The van der Waals surface area contributed by atoms with Gasteiger partial charge in [0.1, 0.15) is 13.5 Å². The minimum Gasteiger partial charge on any atom is -0.544 e. The summed E-state index contributed by atoms with van der Waals surface area (Å²) in [5, 5.41) is 1.05. The highest BCUT2D eigenvalue weighted by atomic mass is 28.4. The molecule has 0 aromatic heterocycles. The Labute approximate surface area is 104 Å². The Bertz CT molecular complexity index is 299. The monoisotopic (exact) mass is 273 g/mol. The molecule has 0 N–H and O–H groups in total. The van der Waals surface area contributed by atoms with Crippen molar-refractivity contribution in [2.75, 3.05) is 0 Å². The molecule has 5 heteroatoms. The van der Waals surface area contributed by atoms with Crippen LogP contribution in [-0.4, -0.2) is 30.5 Å². The van der Waals surface area contributed by atoms with E-state index in [4.69, 9.17) is 4.43 Å². The van der Waals surface area contributed by atoms with E-state index in [1.54, 1.807) is 0 Å². The maximum absolute atomic E-state index is 6.13. The van der Waals surface area contributed by atoms with E-state index in [0.717, 1.165) is 5.38 Å². The van der Waals surface area contributed by atoms with Crippen LogP contribution >= 0.6 is 0 Å². The zero-order valence-electron chi connectivity index (χ0n) is 12.4. The molecular weight excluding hydrogens is 246 g/mol. The van der Waals surface area contributed by atoms with Gasteiger partial charge in [-0.2, -0.15) is 0 Å². The van der Waals surface area contributed by atoms with Crippen LogP contribution in [-0.2, 0) is 4.43 Å². The molecular formula is C11H27NOSi3. The van der Waals surface area contributed by atoms with Crippen LogP contribution in [0.1, 0.15) is 0 Å². The summed E-state index contributed by atoms with van der Waals surface area (Å²) in [6.45, 7) is 20.2. The standard InChI is InChI=1S/C11H27NOSi3/c1-14(2,3)11(13-16(7,8)9)10-12-15(4,5)6/h1-9H3. The molecule has 0 rings (SSSR count). The van der Waals surface area contributed by atoms with Crippen LogP contribution in [0, 0.1) is 0 Å². The van der Waals surface area contributed by atoms with Crippen LogP contribution in [0.25, 0.3) is 0 Å². The first-order valence-electron chi connectivity index (χ1n) is 5.86. The van der Waals surface area contributed by atoms with Gasteiger partial charge in [0.2, 0.25) is 8.32 Å². The minimum atomic E-state index is -1.54. The summed E-state index contributed by atoms with van der Waals surface area (Å²) in [5.74, 6) is 3.23. The highest BCUT2D eigenvalue weighted by molar-refractivity contribution is 6.85. The number of rotatable bonds is 4. The molecule has 0 aromatic carbocycles. The fraction of sp³-hybridized carbons (Fsp3) is 0.818. The largest absolute Gasteiger partial charge is 0.544 e. The van der Waals surface area contributed by atoms with E-state index in [-0.39, 0.29) is 0 Å². The Balaban J connectivity index is 5.21. The maximum atomic E-state index is 6.13. The number of hydrogen-bond donors (Lipinski definition) is 0. The van der Waals surface area contributed by atoms with Crippen LogP contribution in [0.5, 0.6) is 0 Å². The summed E-state index contributed by atoms with van der Waals surface area (Å²) in [5.41, 5.74) is 0. The molecule has 2 nitrogen and oxygen atoms in total. The predicted molar refractivity (Wildman–Crippen MR) is 82.1 cm³/mol. The summed E-state index contributed by atoms with van der Waals surface area (Å²) >= 11 is 0. The van der Waals surface area contributed by atoms with Crippen molar-refractivity contribution in [1.29, 1.82) is 0 Å². The van der Waals surface area contributed by atoms with Crippen molar-refractivity contribution in [2.24, 2.45) is 4.66 Å². The maximum Gasteiger partial charge on any atom is 0.242 e. The van der Waals surface area contributed by atoms with Gasteiger partial charge in [-0.25, -0.2) is 0 Å². The molecule has 0 aliphatic carbocycles. The van der Waals surface area contributed by atoms with E-state index in [1.807, 2.05) is 0 Å². The van der Waals surface area contributed by atoms with Crippen molar-refractivity contribution in [2.45, 2.75) is 58.9 Å². The third-order valence-corrected chi connectivity index (χ3v) is 4.96. The molecule has 0 bridgehead atoms. The highest BCUT2D eigenvalue weighted by Gasteiger charge is 2.27. The van der Waals surface area contributed by atoms with E-state index in [2.05, 4.69) is 69.5 Å². The average Bonchev–Trinajstić information content (AvgIpc) is 1.91. The van der Waals surface area contributed by atoms with Crippen molar-refractivity contribution in [3.63, 3.8) is 0 Å². The van der Waals surface area contributed by atoms with Gasteiger partial charge in [0.15, 0.2) is 8.24 Å². The van der Waals surface area contributed by atoms with Crippen LogP contribution in [0.15, 0.2) is 10.0 Å². The summed E-state index contributed by atoms with van der Waals surface area (Å²) in [4.78, 5) is 0. The zero-order chi connectivity index (χ0) is 13.2. The van der Waals surface area contributed by atoms with Crippen molar-refractivity contribution < 1.29 is 4.43 Å². The first kappa shape index (κ1) is 15.9. The third kappa shape index (κ3) is 8.10. The summed E-state index contributed by atoms with van der Waals surface area (Å²) < 4.78 is 10.7. The predicted octanol–water partition coefficient (Wildman–Crippen LogP) is 4.10. The van der Waals surface area contributed by atoms with E-state index >= 15 is 0 Å². The van der Waals surface area contributed by atoms with E-state index in [9.17, 15) is 0 Å². The first-order valence-corrected chi connectivity index (χ1v) is 16.2. The van der Waals surface area contributed by atoms with Gasteiger partial charge in [0.25, 0.3) is 0 Å². The normalized spacial score (nSPS) is 13.1. The van der Waals surface area contributed by atoms with Crippen molar-refractivity contribution in [3.05, 3.63) is 5.38 Å². The molecule has 0 aromatic rings. The molecule has 94 valence electrons. The van der Waals surface area contributed by atoms with E-state index in [1.165, 1.54) is 0 Å². The molecule has 0 saturated carbocycles. The zero-order valence-corrected chi connectivity index (χ0v) is 15.4. The Morgan fingerprint density at radius 3 is 1.56 bits per heavy atom. The van der Waals surface area contributed by atoms with Crippen LogP contribution in [0.4, 0.5) is 0 Å². The van der Waals surface area contributed by atoms with Crippen molar-refractivity contribution in [1.82, 2.24) is 0 Å². The van der Waals surface area contributed by atoms with Gasteiger partial charge in [-0.15, -0.1) is 0 Å². The van der Waals surface area contributed by atoms with Gasteiger partial charge in [-0.3, -0.25) is 4.66 Å². The number of hydrogen-bond acceptors (Lipinski definition) is 2. The van der Waals surface area contributed by atoms with Gasteiger partial charge in [-0.1, -0.05) is 19.6 Å². The average molecular weight is 274 g/mol. The summed E-state index contributed by atoms with van der Waals surface area (Å²) in [6, 6.07) is 0. The second-order valence-corrected chi connectivity index (χ2v) is 21.1. The second kappa shape index (κ2) is 5.04. The quantitative estimate of drug-likeness (QED) is 0.429. The van der Waals surface area contributed by atoms with Gasteiger partial charge < -0.3 is 4.43 Å². The van der Waals surface area contributed by atoms with Crippen molar-refractivity contribution in [3.8, 4) is 0 Å². The van der Waals surface area contributed by atoms with Gasteiger partial charge in [0.05, 0.1) is 0 Å². The first-order chi connectivity index (χ1) is 6.81. The Morgan fingerprint density at radius 2 is 1.31 bits per heavy atom. The lowest BCUT2D eigenvalue weighted by atomic mass is 11.1. The van der Waals surface area contributed by atoms with Gasteiger partial charge in [-0.05, 0) is 39.3 Å². The highest BCUT2D eigenvalue weighted by Crippen LogP contribution is 2.18. The molecule has 0 saturated heterocycles. The Hall–Kier alpha value is -0.0994. The van der Waals surface area contributed by atoms with Gasteiger partial charge >= 0.3 is 0 Å². The van der Waals surface area contributed by atoms with Gasteiger partial charge in [0, 0.05) is 5.87 Å². The summed E-state index contributed by atoms with van der Waals surface area (Å²) in [6.07, 6.45) is 0. The fourth-order valence-electron chi connectivity index (χ4n) is 0.868. The molecule has 16 heavy (non-hydrogen) atoms. The third-order valence-electron chi connectivity index (χ3n) is 1.58. The van der Waals surface area contributed by atoms with E-state index in [0.29, 0.717) is 0 Å². The van der Waals surface area contributed by atoms with Crippen LogP contribution in [0.3, 0.4) is 0 Å². The molecule has 0 aliphatic heterocycles. The van der Waals surface area contributed by atoms with E-state index < -0.39 is 24.6 Å². The lowest BCUT2D eigenvalue weighted by Crippen LogP contribution is -2.35. The molecule has 0 atom stereocenters. The topological polar surface area (TPSA) is 21.6 Å². The Kier molecular flexibility index (Phi) is 5.01. The minimum absolute atomic E-state index is 1.05.